The van der Waals surface area contributed by atoms with Gasteiger partial charge in [0.25, 0.3) is 0 Å². The van der Waals surface area contributed by atoms with Crippen LogP contribution < -0.4 is 10.6 Å². The first-order valence-electron chi connectivity index (χ1n) is 24.1. The SMILES string of the molecule is C.CCCCNc1ncc2c(-c3ccc(F)cc3)nn(CC3CCC(C)CC3)c2n1.CCCCNc1ncc2c(-c3ccc(S(=O)(=O)N4CCCCC4)cc3)nn(C3CCC(O)CC3)c2n1. The van der Waals surface area contributed by atoms with Crippen LogP contribution in [-0.4, -0.2) is 89.6 Å². The van der Waals surface area contributed by atoms with Crippen LogP contribution in [0.15, 0.2) is 65.8 Å². The Labute approximate surface area is 390 Å². The lowest BCUT2D eigenvalue weighted by atomic mass is 9.83. The third-order valence-electron chi connectivity index (χ3n) is 13.3. The molecule has 356 valence electrons. The number of anilines is 2. The van der Waals surface area contributed by atoms with E-state index in [0.29, 0.717) is 35.8 Å². The normalized spacial score (nSPS) is 20.4. The number of rotatable bonds is 15. The van der Waals surface area contributed by atoms with Gasteiger partial charge >= 0.3 is 0 Å². The number of aromatic nitrogens is 8. The number of nitrogens with zero attached hydrogens (tertiary/aromatic N) is 9. The van der Waals surface area contributed by atoms with E-state index >= 15 is 0 Å². The van der Waals surface area contributed by atoms with Crippen LogP contribution in [0.1, 0.15) is 131 Å². The minimum Gasteiger partial charge on any atom is -0.393 e. The van der Waals surface area contributed by atoms with Crippen molar-refractivity contribution >= 4 is 44.0 Å². The van der Waals surface area contributed by atoms with Gasteiger partial charge in [0.05, 0.1) is 27.8 Å². The zero-order chi connectivity index (χ0) is 45.3. The molecule has 2 saturated carbocycles. The molecule has 2 aromatic carbocycles. The van der Waals surface area contributed by atoms with Gasteiger partial charge in [-0.15, -0.1) is 0 Å². The topological polar surface area (TPSA) is 169 Å². The number of piperidine rings is 1. The van der Waals surface area contributed by atoms with Gasteiger partial charge in [-0.1, -0.05) is 72.4 Å². The van der Waals surface area contributed by atoms with E-state index in [1.54, 1.807) is 28.6 Å². The second-order valence-electron chi connectivity index (χ2n) is 18.3. The minimum absolute atomic E-state index is 0. The van der Waals surface area contributed by atoms with Crippen LogP contribution in [0, 0.1) is 17.7 Å². The van der Waals surface area contributed by atoms with Gasteiger partial charge < -0.3 is 15.7 Å². The maximum absolute atomic E-state index is 13.4. The van der Waals surface area contributed by atoms with Gasteiger partial charge in [-0.25, -0.2) is 32.1 Å². The number of halogens is 1. The number of sulfonamides is 1. The van der Waals surface area contributed by atoms with Gasteiger partial charge in [-0.05, 0) is 112 Å². The number of aliphatic hydroxyl groups excluding tert-OH is 1. The van der Waals surface area contributed by atoms with Gasteiger partial charge in [0, 0.05) is 56.2 Å². The molecule has 2 aliphatic carbocycles. The number of unbranched alkanes of at least 4 members (excludes halogenated alkanes) is 2. The standard InChI is InChI=1S/C26H36N6O3S.C23H30FN5.CH4/c1-2-3-15-27-26-28-18-23-24(30-32(25(23)29-26)20-9-11-21(33)12-10-20)19-7-13-22(14-8-19)36(34,35)31-16-5-4-6-17-31;1-3-4-13-25-23-26-14-20-21(18-9-11-19(24)12-10-18)28-29(22(20)27-23)15-17-7-5-16(2)6-8-17;/h7-8,13-14,18,20-21,33H,2-6,9-12,15-17H2,1H3,(H,27,28,29);9-12,14,16-17H,3-8,13,15H2,1-2H3,(H,25,26,27);1H4. The van der Waals surface area contributed by atoms with Crippen molar-refractivity contribution in [1.82, 2.24) is 43.8 Å². The second-order valence-corrected chi connectivity index (χ2v) is 20.3. The Morgan fingerprint density at radius 1 is 0.712 bits per heavy atom. The van der Waals surface area contributed by atoms with Gasteiger partial charge in [0.15, 0.2) is 11.3 Å². The first-order chi connectivity index (χ1) is 31.6. The van der Waals surface area contributed by atoms with Crippen LogP contribution in [0.5, 0.6) is 0 Å². The maximum atomic E-state index is 13.4. The molecule has 6 aromatic rings. The number of hydrogen-bond donors (Lipinski definition) is 3. The third kappa shape index (κ3) is 11.5. The van der Waals surface area contributed by atoms with E-state index in [0.717, 1.165) is 141 Å². The highest BCUT2D eigenvalue weighted by Crippen LogP contribution is 2.36. The Bertz CT molecular complexity index is 2580. The van der Waals surface area contributed by atoms with Gasteiger partial charge in [0.2, 0.25) is 21.9 Å². The quantitative estimate of drug-likeness (QED) is 0.0838. The van der Waals surface area contributed by atoms with E-state index < -0.39 is 10.0 Å². The summed E-state index contributed by atoms with van der Waals surface area (Å²) >= 11 is 0. The molecule has 3 fully saturated rings. The van der Waals surface area contributed by atoms with E-state index in [1.807, 2.05) is 33.9 Å². The molecular formula is C50H70FN11O3S. The molecule has 0 unspecified atom stereocenters. The zero-order valence-electron chi connectivity index (χ0n) is 38.3. The molecule has 4 aromatic heterocycles. The molecule has 0 radical (unpaired) electrons. The van der Waals surface area contributed by atoms with Crippen LogP contribution in [0.2, 0.25) is 0 Å². The molecule has 0 atom stereocenters. The smallest absolute Gasteiger partial charge is 0.243 e. The minimum atomic E-state index is -3.49. The maximum Gasteiger partial charge on any atom is 0.243 e. The fourth-order valence-electron chi connectivity index (χ4n) is 9.32. The molecule has 0 spiro atoms. The summed E-state index contributed by atoms with van der Waals surface area (Å²) in [6.45, 7) is 10.4. The number of nitrogens with one attached hydrogen (secondary N) is 2. The fourth-order valence-corrected chi connectivity index (χ4v) is 10.8. The van der Waals surface area contributed by atoms with Crippen molar-refractivity contribution in [3.8, 4) is 22.5 Å². The Morgan fingerprint density at radius 2 is 1.26 bits per heavy atom. The van der Waals surface area contributed by atoms with Crippen LogP contribution in [-0.2, 0) is 16.6 Å². The number of aliphatic hydroxyl groups is 1. The Kier molecular flexibility index (Phi) is 16.7. The zero-order valence-corrected chi connectivity index (χ0v) is 39.1. The third-order valence-corrected chi connectivity index (χ3v) is 15.3. The van der Waals surface area contributed by atoms with Crippen molar-refractivity contribution in [1.29, 1.82) is 0 Å². The van der Waals surface area contributed by atoms with Crippen molar-refractivity contribution in [3.05, 3.63) is 66.7 Å². The summed E-state index contributed by atoms with van der Waals surface area (Å²) in [5.41, 5.74) is 4.93. The number of fused-ring (bicyclic) bond motifs is 2. The molecule has 3 N–H and O–H groups in total. The summed E-state index contributed by atoms with van der Waals surface area (Å²) in [6, 6.07) is 13.7. The monoisotopic (exact) mass is 924 g/mol. The summed E-state index contributed by atoms with van der Waals surface area (Å²) in [6.07, 6.45) is 18.9. The molecule has 1 saturated heterocycles. The molecule has 16 heteroatoms. The predicted octanol–water partition coefficient (Wildman–Crippen LogP) is 10.7. The lowest BCUT2D eigenvalue weighted by Gasteiger charge is -2.26. The molecular weight excluding hydrogens is 854 g/mol. The van der Waals surface area contributed by atoms with Crippen LogP contribution in [0.25, 0.3) is 44.6 Å². The van der Waals surface area contributed by atoms with Gasteiger partial charge in [-0.3, -0.25) is 0 Å². The van der Waals surface area contributed by atoms with Crippen molar-refractivity contribution < 1.29 is 17.9 Å². The van der Waals surface area contributed by atoms with E-state index in [1.165, 1.54) is 37.8 Å². The largest absolute Gasteiger partial charge is 0.393 e. The Morgan fingerprint density at radius 3 is 1.85 bits per heavy atom. The number of benzene rings is 2. The lowest BCUT2D eigenvalue weighted by Crippen LogP contribution is -2.35. The fraction of sp³-hybridized carbons (Fsp3) is 0.560. The summed E-state index contributed by atoms with van der Waals surface area (Å²) in [4.78, 5) is 19.0. The summed E-state index contributed by atoms with van der Waals surface area (Å²) in [5, 5.41) is 28.3. The summed E-state index contributed by atoms with van der Waals surface area (Å²) in [5.74, 6) is 2.44. The van der Waals surface area contributed by atoms with Crippen molar-refractivity contribution in [3.63, 3.8) is 0 Å². The molecule has 3 aliphatic rings. The van der Waals surface area contributed by atoms with Gasteiger partial charge in [0.1, 0.15) is 17.2 Å². The highest BCUT2D eigenvalue weighted by Gasteiger charge is 2.28. The van der Waals surface area contributed by atoms with Crippen LogP contribution >= 0.6 is 0 Å². The van der Waals surface area contributed by atoms with Crippen LogP contribution in [0.3, 0.4) is 0 Å². The van der Waals surface area contributed by atoms with Crippen molar-refractivity contribution in [2.75, 3.05) is 36.8 Å². The van der Waals surface area contributed by atoms with Crippen LogP contribution in [0.4, 0.5) is 16.3 Å². The van der Waals surface area contributed by atoms with E-state index in [-0.39, 0.29) is 25.4 Å². The second kappa shape index (κ2) is 22.6. The van der Waals surface area contributed by atoms with E-state index in [4.69, 9.17) is 20.2 Å². The molecule has 0 bridgehead atoms. The van der Waals surface area contributed by atoms with Gasteiger partial charge in [-0.2, -0.15) is 24.5 Å². The average Bonchev–Trinajstić information content (AvgIpc) is 3.89. The first kappa shape index (κ1) is 48.9. The summed E-state index contributed by atoms with van der Waals surface area (Å²) < 4.78 is 45.2. The lowest BCUT2D eigenvalue weighted by molar-refractivity contribution is 0.109. The number of hydrogen-bond acceptors (Lipinski definition) is 11. The van der Waals surface area contributed by atoms with Crippen molar-refractivity contribution in [2.45, 2.75) is 148 Å². The van der Waals surface area contributed by atoms with E-state index in [9.17, 15) is 17.9 Å². The Hall–Kier alpha value is -5.06. The predicted molar refractivity (Wildman–Crippen MR) is 262 cm³/mol. The molecule has 0 amide bonds. The molecule has 1 aliphatic heterocycles. The molecule has 14 nitrogen and oxygen atoms in total. The molecule has 66 heavy (non-hydrogen) atoms. The first-order valence-corrected chi connectivity index (χ1v) is 25.6. The van der Waals surface area contributed by atoms with E-state index in [2.05, 4.69) is 41.4 Å². The molecule has 9 rings (SSSR count). The highest BCUT2D eigenvalue weighted by molar-refractivity contribution is 7.89. The van der Waals surface area contributed by atoms with Crippen molar-refractivity contribution in [2.24, 2.45) is 11.8 Å². The highest BCUT2D eigenvalue weighted by atomic mass is 32.2. The summed E-state index contributed by atoms with van der Waals surface area (Å²) in [7, 11) is -3.49. The Balaban J connectivity index is 0.000000198. The average molecular weight is 924 g/mol. The molecule has 5 heterocycles.